The molecule has 0 N–H and O–H groups in total. The predicted molar refractivity (Wildman–Crippen MR) is 362 cm³/mol. The highest BCUT2D eigenvalue weighted by molar-refractivity contribution is 5.71. The molecular weight excluding hydrogens is 1020 g/mol. The highest BCUT2D eigenvalue weighted by atomic mass is 16.6. The number of ether oxygens (including phenoxy) is 3. The van der Waals surface area contributed by atoms with Gasteiger partial charge in [-0.05, 0) is 122 Å². The number of carbonyl (C=O) groups is 3. The molecule has 83 heavy (non-hydrogen) atoms. The summed E-state index contributed by atoms with van der Waals surface area (Å²) in [6.07, 6.45) is 96.0. The van der Waals surface area contributed by atoms with E-state index in [1.54, 1.807) is 0 Å². The highest BCUT2D eigenvalue weighted by Crippen LogP contribution is 2.17. The third kappa shape index (κ3) is 69.0. The molecule has 0 aromatic rings. The van der Waals surface area contributed by atoms with Gasteiger partial charge in [-0.2, -0.15) is 0 Å². The fraction of sp³-hybridized carbons (Fsp3) is 0.753. The number of unbranched alkanes of at least 4 members (excludes halogenated alkanes) is 38. The Balaban J connectivity index is 4.20. The summed E-state index contributed by atoms with van der Waals surface area (Å²) in [4.78, 5) is 38.4. The Morgan fingerprint density at radius 3 is 0.783 bits per heavy atom. The molecule has 1 unspecified atom stereocenters. The highest BCUT2D eigenvalue weighted by Gasteiger charge is 2.19. The van der Waals surface area contributed by atoms with E-state index in [0.29, 0.717) is 19.3 Å². The molecule has 0 aliphatic carbocycles. The fourth-order valence-corrected chi connectivity index (χ4v) is 10.2. The maximum absolute atomic E-state index is 12.9. The standard InChI is InChI=1S/C77H134O6/c1-4-7-10-13-16-19-22-25-28-30-31-32-33-34-35-36-37-38-39-40-41-42-43-44-45-47-49-52-55-58-61-64-67-70-76(79)82-73-74(72-81-75(78)69-66-63-60-57-54-51-48-27-24-21-18-15-12-9-6-3)83-77(80)71-68-65-62-59-56-53-50-46-29-26-23-20-17-14-11-8-5-2/h9,12,17-18,20-22,25-27,29-31,48,54,57,74H,4-8,10-11,13-16,19,23-24,28,32-47,49-53,55-56,58-73H2,1-3H3/b12-9-,20-17-,21-18-,25-22-,29-26-,31-30-,48-27-,57-54-. The number of allylic oxidation sites excluding steroid dienone is 16. The fourth-order valence-electron chi connectivity index (χ4n) is 10.2. The summed E-state index contributed by atoms with van der Waals surface area (Å²) in [5.74, 6) is -0.928. The second kappa shape index (κ2) is 70.8. The summed E-state index contributed by atoms with van der Waals surface area (Å²) in [5.41, 5.74) is 0. The number of esters is 3. The van der Waals surface area contributed by atoms with Gasteiger partial charge in [-0.1, -0.05) is 311 Å². The molecule has 1 atom stereocenters. The molecule has 6 nitrogen and oxygen atoms in total. The molecule has 0 radical (unpaired) electrons. The number of carbonyl (C=O) groups excluding carboxylic acids is 3. The van der Waals surface area contributed by atoms with E-state index < -0.39 is 6.10 Å². The van der Waals surface area contributed by atoms with Crippen LogP contribution in [-0.4, -0.2) is 37.2 Å². The van der Waals surface area contributed by atoms with Gasteiger partial charge in [0.2, 0.25) is 0 Å². The lowest BCUT2D eigenvalue weighted by Gasteiger charge is -2.18. The normalized spacial score (nSPS) is 12.7. The Bertz CT molecular complexity index is 1610. The van der Waals surface area contributed by atoms with Crippen molar-refractivity contribution in [3.05, 3.63) is 97.2 Å². The average Bonchev–Trinajstić information content (AvgIpc) is 3.49. The summed E-state index contributed by atoms with van der Waals surface area (Å²) >= 11 is 0. The Kier molecular flexibility index (Phi) is 67.7. The van der Waals surface area contributed by atoms with Crippen LogP contribution in [-0.2, 0) is 28.6 Å². The van der Waals surface area contributed by atoms with E-state index in [2.05, 4.69) is 118 Å². The van der Waals surface area contributed by atoms with Gasteiger partial charge in [0.05, 0.1) is 0 Å². The molecule has 0 bridgehead atoms. The SMILES string of the molecule is CC/C=C\C/C=C\C/C=C\C/C=C\CCCCC(=O)OCC(COC(=O)CCCCCCCCCCCCCCCCCCCCCCC/C=C\C/C=C\CCCCCCC)OC(=O)CCCCCCCCC/C=C\C/C=C\CCCCC. The van der Waals surface area contributed by atoms with Crippen molar-refractivity contribution < 1.29 is 28.6 Å². The summed E-state index contributed by atoms with van der Waals surface area (Å²) in [6, 6.07) is 0. The molecule has 0 aliphatic heterocycles. The molecular formula is C77H134O6. The van der Waals surface area contributed by atoms with Gasteiger partial charge >= 0.3 is 17.9 Å². The first-order valence-electron chi connectivity index (χ1n) is 35.7. The second-order valence-corrected chi connectivity index (χ2v) is 23.8. The minimum atomic E-state index is -0.800. The van der Waals surface area contributed by atoms with E-state index in [1.807, 2.05) is 0 Å². The van der Waals surface area contributed by atoms with Crippen LogP contribution >= 0.6 is 0 Å². The van der Waals surface area contributed by atoms with Crippen molar-refractivity contribution in [3.63, 3.8) is 0 Å². The molecule has 0 saturated heterocycles. The molecule has 0 amide bonds. The molecule has 0 spiro atoms. The minimum Gasteiger partial charge on any atom is -0.462 e. The third-order valence-electron chi connectivity index (χ3n) is 15.5. The first kappa shape index (κ1) is 79.3. The number of hydrogen-bond acceptors (Lipinski definition) is 6. The Morgan fingerprint density at radius 2 is 0.470 bits per heavy atom. The lowest BCUT2D eigenvalue weighted by Crippen LogP contribution is -2.30. The van der Waals surface area contributed by atoms with Gasteiger partial charge in [0.15, 0.2) is 6.10 Å². The summed E-state index contributed by atoms with van der Waals surface area (Å²) in [5, 5.41) is 0. The van der Waals surface area contributed by atoms with Crippen molar-refractivity contribution in [2.24, 2.45) is 0 Å². The van der Waals surface area contributed by atoms with Crippen LogP contribution in [0.1, 0.15) is 355 Å². The van der Waals surface area contributed by atoms with Crippen molar-refractivity contribution in [3.8, 4) is 0 Å². The van der Waals surface area contributed by atoms with Gasteiger partial charge in [0.1, 0.15) is 13.2 Å². The van der Waals surface area contributed by atoms with Crippen LogP contribution in [0, 0.1) is 0 Å². The van der Waals surface area contributed by atoms with Crippen LogP contribution in [0.3, 0.4) is 0 Å². The summed E-state index contributed by atoms with van der Waals surface area (Å²) in [7, 11) is 0. The van der Waals surface area contributed by atoms with Crippen molar-refractivity contribution in [1.29, 1.82) is 0 Å². The summed E-state index contributed by atoms with van der Waals surface area (Å²) in [6.45, 7) is 6.49. The quantitative estimate of drug-likeness (QED) is 0.0261. The number of rotatable bonds is 65. The Morgan fingerprint density at radius 1 is 0.253 bits per heavy atom. The first-order chi connectivity index (χ1) is 41.0. The first-order valence-corrected chi connectivity index (χ1v) is 35.7. The van der Waals surface area contributed by atoms with Gasteiger partial charge in [0, 0.05) is 19.3 Å². The maximum atomic E-state index is 12.9. The molecule has 0 aromatic carbocycles. The molecule has 0 aromatic heterocycles. The summed E-state index contributed by atoms with van der Waals surface area (Å²) < 4.78 is 16.9. The largest absolute Gasteiger partial charge is 0.462 e. The molecule has 6 heteroatoms. The maximum Gasteiger partial charge on any atom is 0.306 e. The second-order valence-electron chi connectivity index (χ2n) is 23.8. The van der Waals surface area contributed by atoms with Crippen LogP contribution in [0.5, 0.6) is 0 Å². The van der Waals surface area contributed by atoms with E-state index in [4.69, 9.17) is 14.2 Å². The average molecular weight is 1160 g/mol. The van der Waals surface area contributed by atoms with Crippen molar-refractivity contribution in [1.82, 2.24) is 0 Å². The van der Waals surface area contributed by atoms with Gasteiger partial charge in [-0.25, -0.2) is 0 Å². The van der Waals surface area contributed by atoms with Crippen LogP contribution in [0.4, 0.5) is 0 Å². The van der Waals surface area contributed by atoms with Crippen molar-refractivity contribution in [2.45, 2.75) is 361 Å². The topological polar surface area (TPSA) is 78.9 Å². The lowest BCUT2D eigenvalue weighted by atomic mass is 10.0. The van der Waals surface area contributed by atoms with Crippen LogP contribution < -0.4 is 0 Å². The molecule has 0 fully saturated rings. The minimum absolute atomic E-state index is 0.0914. The molecule has 0 aliphatic rings. The number of hydrogen-bond donors (Lipinski definition) is 0. The Labute approximate surface area is 515 Å². The van der Waals surface area contributed by atoms with Crippen LogP contribution in [0.15, 0.2) is 97.2 Å². The van der Waals surface area contributed by atoms with Gasteiger partial charge in [-0.15, -0.1) is 0 Å². The van der Waals surface area contributed by atoms with Crippen LogP contribution in [0.2, 0.25) is 0 Å². The smallest absolute Gasteiger partial charge is 0.306 e. The van der Waals surface area contributed by atoms with E-state index in [0.717, 1.165) is 103 Å². The van der Waals surface area contributed by atoms with Gasteiger partial charge in [0.25, 0.3) is 0 Å². The molecule has 0 heterocycles. The zero-order valence-corrected chi connectivity index (χ0v) is 54.9. The van der Waals surface area contributed by atoms with E-state index >= 15 is 0 Å². The van der Waals surface area contributed by atoms with Gasteiger partial charge in [-0.3, -0.25) is 14.4 Å². The van der Waals surface area contributed by atoms with E-state index in [-0.39, 0.29) is 31.1 Å². The monoisotopic (exact) mass is 1160 g/mol. The van der Waals surface area contributed by atoms with Gasteiger partial charge < -0.3 is 14.2 Å². The van der Waals surface area contributed by atoms with E-state index in [1.165, 1.54) is 212 Å². The molecule has 478 valence electrons. The zero-order chi connectivity index (χ0) is 59.9. The Hall–Kier alpha value is -3.67. The van der Waals surface area contributed by atoms with Crippen LogP contribution in [0.25, 0.3) is 0 Å². The third-order valence-corrected chi connectivity index (χ3v) is 15.5. The van der Waals surface area contributed by atoms with Crippen molar-refractivity contribution >= 4 is 17.9 Å². The zero-order valence-electron chi connectivity index (χ0n) is 54.9. The predicted octanol–water partition coefficient (Wildman–Crippen LogP) is 24.8. The molecule has 0 saturated carbocycles. The van der Waals surface area contributed by atoms with E-state index in [9.17, 15) is 14.4 Å². The molecule has 0 rings (SSSR count). The lowest BCUT2D eigenvalue weighted by molar-refractivity contribution is -0.167. The van der Waals surface area contributed by atoms with Crippen molar-refractivity contribution in [2.75, 3.05) is 13.2 Å².